The molecule has 0 amide bonds. The van der Waals surface area contributed by atoms with E-state index < -0.39 is 34.1 Å². The molecule has 1 heterocycles. The number of Topliss-reactive ketones (excluding diaryl/α,β-unsaturated/α-hetero) is 1. The third-order valence-corrected chi connectivity index (χ3v) is 7.12. The van der Waals surface area contributed by atoms with E-state index >= 15 is 0 Å². The van der Waals surface area contributed by atoms with Gasteiger partial charge in [-0.05, 0) is 51.8 Å². The predicted molar refractivity (Wildman–Crippen MR) is 114 cm³/mol. The first kappa shape index (κ1) is 24.5. The number of ether oxygens (including phenoxy) is 2. The molecule has 1 saturated heterocycles. The van der Waals surface area contributed by atoms with Gasteiger partial charge in [-0.15, -0.1) is 0 Å². The number of benzene rings is 1. The lowest BCUT2D eigenvalue weighted by Gasteiger charge is -2.32. The number of allylic oxidation sites excluding steroid dienone is 1. The average molecular weight is 453 g/mol. The number of piperidine rings is 1. The zero-order valence-electron chi connectivity index (χ0n) is 18.1. The van der Waals surface area contributed by atoms with Gasteiger partial charge in [-0.25, -0.2) is 13.2 Å². The summed E-state index contributed by atoms with van der Waals surface area (Å²) in [7, 11) is -2.56. The van der Waals surface area contributed by atoms with Crippen LogP contribution < -0.4 is 4.74 Å². The van der Waals surface area contributed by atoms with Crippen LogP contribution in [0.4, 0.5) is 0 Å². The summed E-state index contributed by atoms with van der Waals surface area (Å²) in [6, 6.07) is 3.74. The Hall–Kier alpha value is -2.72. The maximum absolute atomic E-state index is 13.2. The number of nitrogens with zero attached hydrogens (tertiary/aromatic N) is 1. The van der Waals surface area contributed by atoms with E-state index in [1.54, 1.807) is 0 Å². The van der Waals surface area contributed by atoms with Gasteiger partial charge >= 0.3 is 5.97 Å². The number of nitrogens with one attached hydrogen (secondary N) is 1. The monoisotopic (exact) mass is 452 g/mol. The van der Waals surface area contributed by atoms with Gasteiger partial charge in [0.05, 0.1) is 18.2 Å². The average Bonchev–Trinajstić information content (AvgIpc) is 2.71. The standard InChI is InChI=1S/C21H28N2O7S/c1-13-7-5-6-10-23(13)31(27,28)19-11-16(8-9-18(19)29-4)21(26)30-12-17(25)20(14(2)22)15(3)24/h8-9,11,13,22,25H,5-7,10,12H2,1-4H3/b20-17-,22-14?. The summed E-state index contributed by atoms with van der Waals surface area (Å²) in [5.41, 5.74) is -0.438. The van der Waals surface area contributed by atoms with Crippen molar-refractivity contribution in [2.75, 3.05) is 20.3 Å². The molecule has 0 spiro atoms. The quantitative estimate of drug-likeness (QED) is 0.268. The summed E-state index contributed by atoms with van der Waals surface area (Å²) < 4.78 is 38.1. The van der Waals surface area contributed by atoms with Crippen LogP contribution in [0.25, 0.3) is 0 Å². The van der Waals surface area contributed by atoms with Gasteiger partial charge in [0.15, 0.2) is 5.78 Å². The number of hydrogen-bond acceptors (Lipinski definition) is 8. The van der Waals surface area contributed by atoms with Gasteiger partial charge < -0.3 is 20.0 Å². The molecule has 1 aromatic carbocycles. The van der Waals surface area contributed by atoms with E-state index in [9.17, 15) is 23.1 Å². The Kier molecular flexibility index (Phi) is 7.96. The van der Waals surface area contributed by atoms with Gasteiger partial charge in [-0.3, -0.25) is 4.79 Å². The van der Waals surface area contributed by atoms with Crippen LogP contribution in [0.1, 0.15) is 50.4 Å². The van der Waals surface area contributed by atoms with Crippen molar-refractivity contribution in [3.63, 3.8) is 0 Å². The molecule has 0 bridgehead atoms. The van der Waals surface area contributed by atoms with Crippen LogP contribution in [0, 0.1) is 5.41 Å². The van der Waals surface area contributed by atoms with E-state index in [1.165, 1.54) is 43.5 Å². The lowest BCUT2D eigenvalue weighted by molar-refractivity contribution is -0.113. The smallest absolute Gasteiger partial charge is 0.338 e. The number of carbonyl (C=O) groups excluding carboxylic acids is 2. The van der Waals surface area contributed by atoms with E-state index in [0.29, 0.717) is 6.54 Å². The van der Waals surface area contributed by atoms with E-state index in [4.69, 9.17) is 14.9 Å². The topological polar surface area (TPSA) is 134 Å². The van der Waals surface area contributed by atoms with Crippen molar-refractivity contribution in [3.8, 4) is 5.75 Å². The Morgan fingerprint density at radius 2 is 1.94 bits per heavy atom. The normalized spacial score (nSPS) is 18.1. The fourth-order valence-corrected chi connectivity index (χ4v) is 5.42. The molecule has 1 aliphatic heterocycles. The van der Waals surface area contributed by atoms with E-state index in [1.807, 2.05) is 6.92 Å². The Morgan fingerprint density at radius 3 is 2.48 bits per heavy atom. The zero-order valence-corrected chi connectivity index (χ0v) is 18.9. The molecule has 1 atom stereocenters. The Bertz CT molecular complexity index is 999. The molecular formula is C21H28N2O7S. The molecule has 10 heteroatoms. The maximum Gasteiger partial charge on any atom is 0.338 e. The third-order valence-electron chi connectivity index (χ3n) is 5.08. The number of carbonyl (C=O) groups is 2. The van der Waals surface area contributed by atoms with Gasteiger partial charge in [-0.1, -0.05) is 6.42 Å². The molecule has 1 aromatic rings. The number of ketones is 1. The highest BCUT2D eigenvalue weighted by molar-refractivity contribution is 7.89. The van der Waals surface area contributed by atoms with Gasteiger partial charge in [0.1, 0.15) is 23.0 Å². The minimum absolute atomic E-state index is 0.0483. The molecule has 0 aromatic heterocycles. The minimum atomic E-state index is -3.91. The molecule has 1 aliphatic rings. The predicted octanol–water partition coefficient (Wildman–Crippen LogP) is 2.86. The summed E-state index contributed by atoms with van der Waals surface area (Å²) in [5, 5.41) is 17.6. The highest BCUT2D eigenvalue weighted by atomic mass is 32.2. The first-order chi connectivity index (χ1) is 14.5. The fourth-order valence-electron chi connectivity index (χ4n) is 3.53. The van der Waals surface area contributed by atoms with Gasteiger partial charge in [-0.2, -0.15) is 4.31 Å². The van der Waals surface area contributed by atoms with Crippen LogP contribution in [0.15, 0.2) is 34.4 Å². The number of aliphatic hydroxyl groups is 1. The second-order valence-corrected chi connectivity index (χ2v) is 9.26. The molecular weight excluding hydrogens is 424 g/mol. The molecule has 2 rings (SSSR count). The third kappa shape index (κ3) is 5.50. The number of rotatable bonds is 8. The second-order valence-electron chi connectivity index (χ2n) is 7.41. The molecule has 0 saturated carbocycles. The first-order valence-corrected chi connectivity index (χ1v) is 11.3. The van der Waals surface area contributed by atoms with Crippen molar-refractivity contribution in [2.45, 2.75) is 51.0 Å². The van der Waals surface area contributed by atoms with Gasteiger partial charge in [0.25, 0.3) is 0 Å². The van der Waals surface area contributed by atoms with Crippen LogP contribution in [-0.2, 0) is 19.6 Å². The van der Waals surface area contributed by atoms with Gasteiger partial charge in [0.2, 0.25) is 10.0 Å². The Balaban J connectivity index is 2.33. The van der Waals surface area contributed by atoms with Crippen LogP contribution >= 0.6 is 0 Å². The van der Waals surface area contributed by atoms with Crippen molar-refractivity contribution < 1.29 is 32.6 Å². The summed E-state index contributed by atoms with van der Waals surface area (Å²) in [4.78, 5) is 23.9. The molecule has 31 heavy (non-hydrogen) atoms. The molecule has 2 N–H and O–H groups in total. The van der Waals surface area contributed by atoms with Crippen LogP contribution in [0.2, 0.25) is 0 Å². The first-order valence-electron chi connectivity index (χ1n) is 9.86. The van der Waals surface area contributed by atoms with E-state index in [2.05, 4.69) is 0 Å². The largest absolute Gasteiger partial charge is 0.508 e. The fraction of sp³-hybridized carbons (Fsp3) is 0.476. The number of methoxy groups -OCH3 is 1. The lowest BCUT2D eigenvalue weighted by atomic mass is 10.1. The van der Waals surface area contributed by atoms with Crippen molar-refractivity contribution in [1.29, 1.82) is 5.41 Å². The molecule has 1 fully saturated rings. The van der Waals surface area contributed by atoms with Crippen molar-refractivity contribution >= 4 is 27.5 Å². The summed E-state index contributed by atoms with van der Waals surface area (Å²) >= 11 is 0. The lowest BCUT2D eigenvalue weighted by Crippen LogP contribution is -2.42. The zero-order chi connectivity index (χ0) is 23.3. The molecule has 0 aliphatic carbocycles. The van der Waals surface area contributed by atoms with Crippen LogP contribution in [0.3, 0.4) is 0 Å². The highest BCUT2D eigenvalue weighted by Crippen LogP contribution is 2.31. The van der Waals surface area contributed by atoms with E-state index in [0.717, 1.165) is 19.3 Å². The van der Waals surface area contributed by atoms with Crippen LogP contribution in [-0.4, -0.2) is 61.6 Å². The maximum atomic E-state index is 13.2. The Morgan fingerprint density at radius 1 is 1.26 bits per heavy atom. The summed E-state index contributed by atoms with van der Waals surface area (Å²) in [6.07, 6.45) is 2.45. The number of hydrogen-bond donors (Lipinski definition) is 2. The molecule has 170 valence electrons. The number of sulfonamides is 1. The molecule has 9 nitrogen and oxygen atoms in total. The SMILES string of the molecule is COc1ccc(C(=O)OC/C(O)=C(\C(C)=N)C(C)=O)cc1S(=O)(=O)N1CCCCC1C. The van der Waals surface area contributed by atoms with E-state index in [-0.39, 0.29) is 33.5 Å². The van der Waals surface area contributed by atoms with Crippen molar-refractivity contribution in [3.05, 3.63) is 35.1 Å². The van der Waals surface area contributed by atoms with Gasteiger partial charge in [0, 0.05) is 18.3 Å². The highest BCUT2D eigenvalue weighted by Gasteiger charge is 2.33. The summed E-state index contributed by atoms with van der Waals surface area (Å²) in [6.45, 7) is 4.12. The number of esters is 1. The van der Waals surface area contributed by atoms with Crippen LogP contribution in [0.5, 0.6) is 5.75 Å². The minimum Gasteiger partial charge on any atom is -0.508 e. The van der Waals surface area contributed by atoms with Crippen molar-refractivity contribution in [2.24, 2.45) is 0 Å². The molecule has 0 radical (unpaired) electrons. The Labute approximate surface area is 182 Å². The second kappa shape index (κ2) is 10.1. The molecule has 1 unspecified atom stereocenters. The summed E-state index contributed by atoms with van der Waals surface area (Å²) in [5.74, 6) is -1.86. The van der Waals surface area contributed by atoms with Crippen molar-refractivity contribution in [1.82, 2.24) is 4.31 Å². The number of aliphatic hydroxyl groups excluding tert-OH is 1.